The van der Waals surface area contributed by atoms with Crippen molar-refractivity contribution in [2.75, 3.05) is 12.3 Å². The fourth-order valence-electron chi connectivity index (χ4n) is 2.31. The van der Waals surface area contributed by atoms with Gasteiger partial charge >= 0.3 is 0 Å². The van der Waals surface area contributed by atoms with Gasteiger partial charge in [-0.15, -0.1) is 11.8 Å². The smallest absolute Gasteiger partial charge is 0.232 e. The van der Waals surface area contributed by atoms with Crippen LogP contribution < -0.4 is 0 Å². The van der Waals surface area contributed by atoms with Crippen LogP contribution >= 0.6 is 11.8 Å². The van der Waals surface area contributed by atoms with Gasteiger partial charge in [0.05, 0.1) is 11.9 Å². The Kier molecular flexibility index (Phi) is 5.28. The number of hydrogen-bond acceptors (Lipinski definition) is 3. The van der Waals surface area contributed by atoms with Gasteiger partial charge in [-0.1, -0.05) is 43.7 Å². The molecule has 1 aromatic carbocycles. The summed E-state index contributed by atoms with van der Waals surface area (Å²) >= 11 is 1.59. The number of aliphatic hydroxyl groups is 1. The predicted molar refractivity (Wildman–Crippen MR) is 79.0 cm³/mol. The summed E-state index contributed by atoms with van der Waals surface area (Å²) in [5.41, 5.74) is 1.14. The molecule has 1 heterocycles. The van der Waals surface area contributed by atoms with E-state index in [-0.39, 0.29) is 17.3 Å². The molecule has 2 rings (SSSR count). The molecule has 0 radical (unpaired) electrons. The van der Waals surface area contributed by atoms with Crippen molar-refractivity contribution in [1.82, 2.24) is 4.90 Å². The summed E-state index contributed by atoms with van der Waals surface area (Å²) in [6.45, 7) is 3.37. The van der Waals surface area contributed by atoms with Gasteiger partial charge in [0.15, 0.2) is 0 Å². The van der Waals surface area contributed by atoms with E-state index >= 15 is 0 Å². The van der Waals surface area contributed by atoms with Crippen molar-refractivity contribution in [2.24, 2.45) is 0 Å². The molecule has 1 N–H and O–H groups in total. The highest BCUT2D eigenvalue weighted by Crippen LogP contribution is 2.25. The van der Waals surface area contributed by atoms with Crippen LogP contribution in [0.25, 0.3) is 0 Å². The lowest BCUT2D eigenvalue weighted by Crippen LogP contribution is -2.45. The zero-order valence-electron chi connectivity index (χ0n) is 11.3. The second-order valence-corrected chi connectivity index (χ2v) is 6.19. The zero-order valence-corrected chi connectivity index (χ0v) is 12.1. The SMILES string of the molecule is CCC[C@H](O)[C@H]1CN(Cc2ccccc2)C(=O)CS1. The largest absolute Gasteiger partial charge is 0.392 e. The third-order valence-electron chi connectivity index (χ3n) is 3.40. The fraction of sp³-hybridized carbons (Fsp3) is 0.533. The number of carbonyl (C=O) groups is 1. The molecule has 1 saturated heterocycles. The first kappa shape index (κ1) is 14.4. The van der Waals surface area contributed by atoms with Crippen LogP contribution in [0.3, 0.4) is 0 Å². The minimum absolute atomic E-state index is 0.154. The van der Waals surface area contributed by atoms with Gasteiger partial charge in [-0.25, -0.2) is 0 Å². The van der Waals surface area contributed by atoms with Crippen LogP contribution in [0.2, 0.25) is 0 Å². The highest BCUT2D eigenvalue weighted by molar-refractivity contribution is 8.00. The maximum absolute atomic E-state index is 11.9. The zero-order chi connectivity index (χ0) is 13.7. The summed E-state index contributed by atoms with van der Waals surface area (Å²) in [6, 6.07) is 10.0. The molecule has 104 valence electrons. The van der Waals surface area contributed by atoms with E-state index in [1.165, 1.54) is 0 Å². The Morgan fingerprint density at radius 2 is 2.16 bits per heavy atom. The molecular weight excluding hydrogens is 258 g/mol. The summed E-state index contributed by atoms with van der Waals surface area (Å²) in [4.78, 5) is 13.8. The molecular formula is C15H21NO2S. The topological polar surface area (TPSA) is 40.5 Å². The van der Waals surface area contributed by atoms with Crippen molar-refractivity contribution in [1.29, 1.82) is 0 Å². The van der Waals surface area contributed by atoms with Crippen LogP contribution in [0.1, 0.15) is 25.3 Å². The molecule has 0 unspecified atom stereocenters. The third-order valence-corrected chi connectivity index (χ3v) is 4.71. The quantitative estimate of drug-likeness (QED) is 0.899. The van der Waals surface area contributed by atoms with E-state index < -0.39 is 0 Å². The van der Waals surface area contributed by atoms with Gasteiger partial charge in [0, 0.05) is 18.3 Å². The highest BCUT2D eigenvalue weighted by Gasteiger charge is 2.30. The average molecular weight is 279 g/mol. The second kappa shape index (κ2) is 6.96. The standard InChI is InChI=1S/C15H21NO2S/c1-2-6-13(17)14-10-16(15(18)11-19-14)9-12-7-4-3-5-8-12/h3-5,7-8,13-14,17H,2,6,9-11H2,1H3/t13-,14+/m0/s1. The molecule has 2 atom stereocenters. The van der Waals surface area contributed by atoms with E-state index in [1.807, 2.05) is 35.2 Å². The number of amides is 1. The summed E-state index contributed by atoms with van der Waals surface area (Å²) in [7, 11) is 0. The Labute approximate surface area is 119 Å². The van der Waals surface area contributed by atoms with Crippen molar-refractivity contribution < 1.29 is 9.90 Å². The van der Waals surface area contributed by atoms with E-state index in [4.69, 9.17) is 0 Å². The molecule has 1 aromatic rings. The Morgan fingerprint density at radius 1 is 1.42 bits per heavy atom. The summed E-state index contributed by atoms with van der Waals surface area (Å²) in [6.07, 6.45) is 1.48. The van der Waals surface area contributed by atoms with Gasteiger partial charge in [-0.05, 0) is 12.0 Å². The summed E-state index contributed by atoms with van der Waals surface area (Å²) in [5, 5.41) is 10.2. The lowest BCUT2D eigenvalue weighted by Gasteiger charge is -2.34. The summed E-state index contributed by atoms with van der Waals surface area (Å²) in [5.74, 6) is 0.659. The number of carbonyl (C=O) groups excluding carboxylic acids is 1. The Hall–Kier alpha value is -1.000. The van der Waals surface area contributed by atoms with Crippen molar-refractivity contribution in [3.63, 3.8) is 0 Å². The maximum atomic E-state index is 11.9. The van der Waals surface area contributed by atoms with Crippen LogP contribution in [-0.2, 0) is 11.3 Å². The lowest BCUT2D eigenvalue weighted by atomic mass is 10.1. The molecule has 19 heavy (non-hydrogen) atoms. The summed E-state index contributed by atoms with van der Waals surface area (Å²) < 4.78 is 0. The minimum atomic E-state index is -0.304. The first-order valence-corrected chi connectivity index (χ1v) is 7.87. The monoisotopic (exact) mass is 279 g/mol. The van der Waals surface area contributed by atoms with Gasteiger partial charge in [0.1, 0.15) is 0 Å². The predicted octanol–water partition coefficient (Wildman–Crippen LogP) is 2.29. The number of thioether (sulfide) groups is 1. The molecule has 1 aliphatic rings. The van der Waals surface area contributed by atoms with E-state index in [1.54, 1.807) is 11.8 Å². The van der Waals surface area contributed by atoms with Gasteiger partial charge < -0.3 is 10.0 Å². The van der Waals surface area contributed by atoms with E-state index in [9.17, 15) is 9.90 Å². The van der Waals surface area contributed by atoms with Crippen molar-refractivity contribution in [3.05, 3.63) is 35.9 Å². The number of benzene rings is 1. The lowest BCUT2D eigenvalue weighted by molar-refractivity contribution is -0.129. The number of hydrogen-bond donors (Lipinski definition) is 1. The van der Waals surface area contributed by atoms with E-state index in [0.29, 0.717) is 18.8 Å². The molecule has 0 spiro atoms. The Morgan fingerprint density at radius 3 is 2.84 bits per heavy atom. The molecule has 4 heteroatoms. The van der Waals surface area contributed by atoms with Crippen LogP contribution in [0.5, 0.6) is 0 Å². The van der Waals surface area contributed by atoms with Gasteiger partial charge in [-0.2, -0.15) is 0 Å². The van der Waals surface area contributed by atoms with Gasteiger partial charge in [-0.3, -0.25) is 4.79 Å². The first-order chi connectivity index (χ1) is 9.20. The fourth-order valence-corrected chi connectivity index (χ4v) is 3.50. The molecule has 0 aromatic heterocycles. The third kappa shape index (κ3) is 3.98. The van der Waals surface area contributed by atoms with Gasteiger partial charge in [0.2, 0.25) is 5.91 Å². The maximum Gasteiger partial charge on any atom is 0.232 e. The van der Waals surface area contributed by atoms with Crippen LogP contribution in [0.4, 0.5) is 0 Å². The normalized spacial score (nSPS) is 21.5. The molecule has 1 fully saturated rings. The highest BCUT2D eigenvalue weighted by atomic mass is 32.2. The molecule has 0 bridgehead atoms. The molecule has 0 aliphatic carbocycles. The second-order valence-electron chi connectivity index (χ2n) is 4.97. The molecule has 1 amide bonds. The molecule has 1 aliphatic heterocycles. The average Bonchev–Trinajstić information content (AvgIpc) is 2.42. The van der Waals surface area contributed by atoms with Crippen LogP contribution in [0, 0.1) is 0 Å². The number of rotatable bonds is 5. The van der Waals surface area contributed by atoms with Crippen LogP contribution in [-0.4, -0.2) is 39.6 Å². The molecule has 3 nitrogen and oxygen atoms in total. The van der Waals surface area contributed by atoms with Crippen molar-refractivity contribution in [3.8, 4) is 0 Å². The van der Waals surface area contributed by atoms with Gasteiger partial charge in [0.25, 0.3) is 0 Å². The number of nitrogens with zero attached hydrogens (tertiary/aromatic N) is 1. The minimum Gasteiger partial charge on any atom is -0.392 e. The number of aliphatic hydroxyl groups excluding tert-OH is 1. The van der Waals surface area contributed by atoms with E-state index in [2.05, 4.69) is 6.92 Å². The Bertz CT molecular complexity index is 410. The van der Waals surface area contributed by atoms with E-state index in [0.717, 1.165) is 18.4 Å². The van der Waals surface area contributed by atoms with Crippen molar-refractivity contribution >= 4 is 17.7 Å². The Balaban J connectivity index is 1.97. The first-order valence-electron chi connectivity index (χ1n) is 6.82. The van der Waals surface area contributed by atoms with Crippen molar-refractivity contribution in [2.45, 2.75) is 37.7 Å². The van der Waals surface area contributed by atoms with Crippen LogP contribution in [0.15, 0.2) is 30.3 Å². The molecule has 0 saturated carbocycles.